The molecule has 0 aliphatic heterocycles. The number of nitrogens with zero attached hydrogens (tertiary/aromatic N) is 1. The number of amides is 1. The lowest BCUT2D eigenvalue weighted by molar-refractivity contribution is 0.190. The van der Waals surface area contributed by atoms with E-state index in [-0.39, 0.29) is 5.95 Å². The molecule has 1 amide bonds. The number of carbonyl (C=O) groups excluding carboxylic acids is 1. The third-order valence-electron chi connectivity index (χ3n) is 2.11. The lowest BCUT2D eigenvalue weighted by Crippen LogP contribution is -2.15. The second-order valence-corrected chi connectivity index (χ2v) is 3.01. The van der Waals surface area contributed by atoms with Crippen molar-refractivity contribution in [2.75, 3.05) is 0 Å². The molecule has 0 radical (unpaired) electrons. The number of hydrogen-bond donors (Lipinski definition) is 1. The number of primary amides is 1. The van der Waals surface area contributed by atoms with Crippen molar-refractivity contribution >= 4 is 6.09 Å². The summed E-state index contributed by atoms with van der Waals surface area (Å²) in [7, 11) is 0. The van der Waals surface area contributed by atoms with Crippen LogP contribution in [0, 0.1) is 0 Å². The number of aromatic nitrogens is 1. The fourth-order valence-electron chi connectivity index (χ4n) is 1.32. The van der Waals surface area contributed by atoms with E-state index in [0.717, 1.165) is 18.5 Å². The molecule has 0 unspecified atom stereocenters. The summed E-state index contributed by atoms with van der Waals surface area (Å²) in [5, 5.41) is 3.80. The van der Waals surface area contributed by atoms with E-state index in [2.05, 4.69) is 23.7 Å². The zero-order valence-corrected chi connectivity index (χ0v) is 8.32. The van der Waals surface area contributed by atoms with Crippen LogP contribution in [0.3, 0.4) is 0 Å². The highest BCUT2D eigenvalue weighted by Crippen LogP contribution is 2.25. The largest absolute Gasteiger partial charge is 0.412 e. The maximum Gasteiger partial charge on any atom is 0.412 e. The molecule has 1 rings (SSSR count). The first-order valence-electron chi connectivity index (χ1n) is 4.61. The van der Waals surface area contributed by atoms with Gasteiger partial charge in [0.25, 0.3) is 0 Å². The standard InChI is InChI=1S/C9H14N2O3/c1-3-6(4-2)7-5-8(14-11-7)13-9(10)12/h5-6H,3-4H2,1-2H3,(H2,10,12). The Labute approximate surface area is 82.2 Å². The van der Waals surface area contributed by atoms with Crippen molar-refractivity contribution in [1.29, 1.82) is 0 Å². The van der Waals surface area contributed by atoms with Gasteiger partial charge in [-0.2, -0.15) is 0 Å². The van der Waals surface area contributed by atoms with E-state index in [1.165, 1.54) is 0 Å². The van der Waals surface area contributed by atoms with Crippen LogP contribution in [0.2, 0.25) is 0 Å². The average Bonchev–Trinajstić information content (AvgIpc) is 2.54. The predicted molar refractivity (Wildman–Crippen MR) is 50.0 cm³/mol. The van der Waals surface area contributed by atoms with Gasteiger partial charge in [0.15, 0.2) is 0 Å². The van der Waals surface area contributed by atoms with Crippen molar-refractivity contribution < 1.29 is 14.1 Å². The predicted octanol–water partition coefficient (Wildman–Crippen LogP) is 2.04. The number of carbonyl (C=O) groups is 1. The monoisotopic (exact) mass is 198 g/mol. The molecular formula is C9H14N2O3. The van der Waals surface area contributed by atoms with E-state index in [1.807, 2.05) is 0 Å². The molecular weight excluding hydrogens is 184 g/mol. The average molecular weight is 198 g/mol. The molecule has 1 heterocycles. The van der Waals surface area contributed by atoms with E-state index in [1.54, 1.807) is 6.07 Å². The Bertz CT molecular complexity index is 305. The summed E-state index contributed by atoms with van der Waals surface area (Å²) in [5.41, 5.74) is 5.62. The zero-order chi connectivity index (χ0) is 10.6. The number of rotatable bonds is 4. The van der Waals surface area contributed by atoms with Crippen molar-refractivity contribution in [3.05, 3.63) is 11.8 Å². The van der Waals surface area contributed by atoms with E-state index in [9.17, 15) is 4.79 Å². The van der Waals surface area contributed by atoms with Gasteiger partial charge in [0.2, 0.25) is 0 Å². The first-order valence-corrected chi connectivity index (χ1v) is 4.61. The molecule has 0 saturated heterocycles. The van der Waals surface area contributed by atoms with Gasteiger partial charge < -0.3 is 15.0 Å². The van der Waals surface area contributed by atoms with Crippen molar-refractivity contribution in [3.63, 3.8) is 0 Å². The van der Waals surface area contributed by atoms with Crippen LogP contribution in [0.25, 0.3) is 0 Å². The van der Waals surface area contributed by atoms with E-state index >= 15 is 0 Å². The highest BCUT2D eigenvalue weighted by atomic mass is 16.7. The van der Waals surface area contributed by atoms with Crippen LogP contribution < -0.4 is 10.5 Å². The third-order valence-corrected chi connectivity index (χ3v) is 2.11. The Hall–Kier alpha value is -1.52. The second kappa shape index (κ2) is 4.64. The molecule has 0 spiro atoms. The molecule has 0 atom stereocenters. The molecule has 5 nitrogen and oxygen atoms in total. The van der Waals surface area contributed by atoms with Crippen LogP contribution in [0.4, 0.5) is 4.79 Å². The quantitative estimate of drug-likeness (QED) is 0.802. The SMILES string of the molecule is CCC(CC)c1cc(OC(N)=O)on1. The minimum Gasteiger partial charge on any atom is -0.374 e. The molecule has 2 N–H and O–H groups in total. The van der Waals surface area contributed by atoms with E-state index in [4.69, 9.17) is 10.3 Å². The summed E-state index contributed by atoms with van der Waals surface area (Å²) in [6, 6.07) is 1.60. The Kier molecular flexibility index (Phi) is 3.50. The minimum atomic E-state index is -0.891. The van der Waals surface area contributed by atoms with Gasteiger partial charge in [0, 0.05) is 12.0 Å². The van der Waals surface area contributed by atoms with Gasteiger partial charge in [-0.05, 0) is 12.8 Å². The van der Waals surface area contributed by atoms with Gasteiger partial charge in [-0.1, -0.05) is 19.0 Å². The molecule has 5 heteroatoms. The fraction of sp³-hybridized carbons (Fsp3) is 0.556. The van der Waals surface area contributed by atoms with Gasteiger partial charge >= 0.3 is 12.0 Å². The maximum absolute atomic E-state index is 10.4. The van der Waals surface area contributed by atoms with Gasteiger partial charge in [-0.25, -0.2) is 4.79 Å². The van der Waals surface area contributed by atoms with Gasteiger partial charge in [0.1, 0.15) is 0 Å². The molecule has 0 aliphatic rings. The summed E-state index contributed by atoms with van der Waals surface area (Å²) < 4.78 is 9.33. The summed E-state index contributed by atoms with van der Waals surface area (Å²) in [4.78, 5) is 10.4. The van der Waals surface area contributed by atoms with Gasteiger partial charge in [0.05, 0.1) is 5.69 Å². The Morgan fingerprint density at radius 2 is 2.29 bits per heavy atom. The molecule has 1 aromatic heterocycles. The van der Waals surface area contributed by atoms with Gasteiger partial charge in [-0.3, -0.25) is 0 Å². The van der Waals surface area contributed by atoms with Crippen LogP contribution in [0.5, 0.6) is 5.95 Å². The van der Waals surface area contributed by atoms with Crippen LogP contribution >= 0.6 is 0 Å². The summed E-state index contributed by atoms with van der Waals surface area (Å²) >= 11 is 0. The molecule has 0 fully saturated rings. The Morgan fingerprint density at radius 3 is 2.79 bits per heavy atom. The van der Waals surface area contributed by atoms with Crippen molar-refractivity contribution in [1.82, 2.24) is 5.16 Å². The van der Waals surface area contributed by atoms with E-state index in [0.29, 0.717) is 5.92 Å². The fourth-order valence-corrected chi connectivity index (χ4v) is 1.32. The first-order chi connectivity index (χ1) is 6.67. The molecule has 1 aromatic rings. The van der Waals surface area contributed by atoms with Crippen LogP contribution in [0.1, 0.15) is 38.3 Å². The van der Waals surface area contributed by atoms with Crippen molar-refractivity contribution in [2.24, 2.45) is 5.73 Å². The maximum atomic E-state index is 10.4. The van der Waals surface area contributed by atoms with Gasteiger partial charge in [-0.15, -0.1) is 0 Å². The van der Waals surface area contributed by atoms with Crippen LogP contribution in [0.15, 0.2) is 10.6 Å². The van der Waals surface area contributed by atoms with Crippen LogP contribution in [-0.2, 0) is 0 Å². The molecule has 0 bridgehead atoms. The molecule has 0 aromatic carbocycles. The number of nitrogens with two attached hydrogens (primary N) is 1. The smallest absolute Gasteiger partial charge is 0.374 e. The normalized spacial score (nSPS) is 10.5. The third kappa shape index (κ3) is 2.48. The molecule has 0 aliphatic carbocycles. The van der Waals surface area contributed by atoms with Crippen molar-refractivity contribution in [3.8, 4) is 5.95 Å². The number of hydrogen-bond acceptors (Lipinski definition) is 4. The first kappa shape index (κ1) is 10.6. The van der Waals surface area contributed by atoms with E-state index < -0.39 is 6.09 Å². The molecule has 0 saturated carbocycles. The zero-order valence-electron chi connectivity index (χ0n) is 8.32. The highest BCUT2D eigenvalue weighted by Gasteiger charge is 2.14. The Morgan fingerprint density at radius 1 is 1.64 bits per heavy atom. The Balaban J connectivity index is 2.71. The second-order valence-electron chi connectivity index (χ2n) is 3.01. The topological polar surface area (TPSA) is 78.4 Å². The van der Waals surface area contributed by atoms with Crippen molar-refractivity contribution in [2.45, 2.75) is 32.6 Å². The minimum absolute atomic E-state index is 0.0550. The highest BCUT2D eigenvalue weighted by molar-refractivity contribution is 5.67. The molecule has 14 heavy (non-hydrogen) atoms. The lowest BCUT2D eigenvalue weighted by Gasteiger charge is -2.05. The lowest BCUT2D eigenvalue weighted by atomic mass is 10.00. The summed E-state index contributed by atoms with van der Waals surface area (Å²) in [5.74, 6) is 0.392. The molecule has 78 valence electrons. The van der Waals surface area contributed by atoms with Crippen LogP contribution in [-0.4, -0.2) is 11.2 Å². The number of ether oxygens (including phenoxy) is 1. The summed E-state index contributed by atoms with van der Waals surface area (Å²) in [6.07, 6.45) is 1.05. The summed E-state index contributed by atoms with van der Waals surface area (Å²) in [6.45, 7) is 4.13.